The first-order valence-corrected chi connectivity index (χ1v) is 8.04. The predicted octanol–water partition coefficient (Wildman–Crippen LogP) is 1.66. The number of fused-ring (bicyclic) bond motifs is 1. The number of imidazole rings is 1. The van der Waals surface area contributed by atoms with Crippen molar-refractivity contribution < 1.29 is 19.3 Å². The molecule has 3 heterocycles. The van der Waals surface area contributed by atoms with Gasteiger partial charge in [0.05, 0.1) is 16.1 Å². The third-order valence-corrected chi connectivity index (χ3v) is 4.12. The minimum atomic E-state index is -0.890. The monoisotopic (exact) mass is 377 g/mol. The van der Waals surface area contributed by atoms with Gasteiger partial charge in [-0.3, -0.25) is 34.7 Å². The second kappa shape index (κ2) is 6.43. The van der Waals surface area contributed by atoms with Crippen molar-refractivity contribution in [1.82, 2.24) is 20.0 Å². The number of rotatable bonds is 3. The summed E-state index contributed by atoms with van der Waals surface area (Å²) in [5, 5.41) is 15.1. The Hall–Kier alpha value is -4.34. The molecule has 1 aliphatic heterocycles. The van der Waals surface area contributed by atoms with Crippen LogP contribution in [0.15, 0.2) is 54.2 Å². The third-order valence-electron chi connectivity index (χ3n) is 4.12. The first-order chi connectivity index (χ1) is 13.4. The smallest absolute Gasteiger partial charge is 0.299 e. The Morgan fingerprint density at radius 2 is 1.79 bits per heavy atom. The lowest BCUT2D eigenvalue weighted by atomic mass is 10.1. The number of pyridine rings is 1. The van der Waals surface area contributed by atoms with Gasteiger partial charge < -0.3 is 0 Å². The fourth-order valence-corrected chi connectivity index (χ4v) is 2.87. The van der Waals surface area contributed by atoms with Crippen molar-refractivity contribution in [3.63, 3.8) is 0 Å². The number of aromatic nitrogens is 2. The van der Waals surface area contributed by atoms with E-state index in [9.17, 15) is 24.5 Å². The van der Waals surface area contributed by atoms with E-state index in [0.29, 0.717) is 22.6 Å². The Morgan fingerprint density at radius 1 is 1.04 bits per heavy atom. The van der Waals surface area contributed by atoms with Gasteiger partial charge in [0.15, 0.2) is 0 Å². The molecule has 1 fully saturated rings. The van der Waals surface area contributed by atoms with Gasteiger partial charge >= 0.3 is 6.03 Å². The summed E-state index contributed by atoms with van der Waals surface area (Å²) in [7, 11) is 0. The Balaban J connectivity index is 1.88. The van der Waals surface area contributed by atoms with Crippen LogP contribution >= 0.6 is 0 Å². The number of non-ortho nitro benzene ring substituents is 1. The number of urea groups is 1. The van der Waals surface area contributed by atoms with E-state index < -0.39 is 22.8 Å². The quantitative estimate of drug-likeness (QED) is 0.308. The van der Waals surface area contributed by atoms with Crippen molar-refractivity contribution in [2.45, 2.75) is 0 Å². The van der Waals surface area contributed by atoms with Crippen molar-refractivity contribution in [3.8, 4) is 11.4 Å². The average molecular weight is 377 g/mol. The molecule has 4 amide bonds. The van der Waals surface area contributed by atoms with E-state index in [2.05, 4.69) is 4.98 Å². The highest BCUT2D eigenvalue weighted by molar-refractivity contribution is 6.31. The summed E-state index contributed by atoms with van der Waals surface area (Å²) in [6.45, 7) is 0. The Bertz CT molecular complexity index is 1190. The molecular formula is C18H11N5O5. The van der Waals surface area contributed by atoms with Gasteiger partial charge in [-0.2, -0.15) is 0 Å². The molecule has 0 radical (unpaired) electrons. The van der Waals surface area contributed by atoms with Gasteiger partial charge in [0.25, 0.3) is 17.5 Å². The van der Waals surface area contributed by atoms with Gasteiger partial charge in [0.2, 0.25) is 0 Å². The van der Waals surface area contributed by atoms with E-state index in [4.69, 9.17) is 0 Å². The highest BCUT2D eigenvalue weighted by Crippen LogP contribution is 2.27. The predicted molar refractivity (Wildman–Crippen MR) is 96.9 cm³/mol. The zero-order chi connectivity index (χ0) is 19.8. The molecule has 0 saturated carbocycles. The summed E-state index contributed by atoms with van der Waals surface area (Å²) in [5.74, 6) is -1.26. The van der Waals surface area contributed by atoms with Gasteiger partial charge in [-0.05, 0) is 18.2 Å². The summed E-state index contributed by atoms with van der Waals surface area (Å²) in [6.07, 6.45) is 2.98. The number of nitro benzene ring substituents is 1. The zero-order valence-electron chi connectivity index (χ0n) is 14.1. The number of nitrogens with zero attached hydrogens (tertiary/aromatic N) is 3. The van der Waals surface area contributed by atoms with Crippen molar-refractivity contribution in [2.75, 3.05) is 0 Å². The van der Waals surface area contributed by atoms with E-state index in [1.54, 1.807) is 40.9 Å². The van der Waals surface area contributed by atoms with Crippen LogP contribution in [-0.4, -0.2) is 32.2 Å². The molecule has 2 N–H and O–H groups in total. The first kappa shape index (κ1) is 17.1. The van der Waals surface area contributed by atoms with E-state index >= 15 is 0 Å². The second-order valence-corrected chi connectivity index (χ2v) is 5.88. The number of hydrogen-bond acceptors (Lipinski definition) is 6. The van der Waals surface area contributed by atoms with Gasteiger partial charge in [0.1, 0.15) is 11.4 Å². The standard InChI is InChI=1S/C18H11N5O5/c24-16-12(17(25)21-18(26)20-16)9-13-14-6-1-2-7-22(14)15(19-13)10-4-3-5-11(8-10)23(27)28/h1-9H,(H2,20,21,24,25,26). The normalized spacial score (nSPS) is 14.0. The molecule has 10 nitrogen and oxygen atoms in total. The number of hydrogen-bond donors (Lipinski definition) is 2. The molecule has 0 bridgehead atoms. The number of nitro groups is 1. The SMILES string of the molecule is O=C1NC(=O)C(=Cc2nc(-c3cccc([N+](=O)[O-])c3)n3ccccc23)C(=O)N1. The van der Waals surface area contributed by atoms with Crippen LogP contribution in [0.25, 0.3) is 23.0 Å². The number of imide groups is 2. The van der Waals surface area contributed by atoms with Crippen molar-refractivity contribution in [3.05, 3.63) is 70.0 Å². The van der Waals surface area contributed by atoms with E-state index in [1.165, 1.54) is 18.2 Å². The van der Waals surface area contributed by atoms with E-state index in [-0.39, 0.29) is 11.3 Å². The molecule has 0 spiro atoms. The lowest BCUT2D eigenvalue weighted by Crippen LogP contribution is -2.51. The van der Waals surface area contributed by atoms with Crippen LogP contribution in [0.1, 0.15) is 5.69 Å². The molecule has 0 aliphatic carbocycles. The Labute approximate surface area is 156 Å². The summed E-state index contributed by atoms with van der Waals surface area (Å²) in [5.41, 5.74) is 1.02. The van der Waals surface area contributed by atoms with E-state index in [1.807, 2.05) is 10.6 Å². The van der Waals surface area contributed by atoms with Gasteiger partial charge in [-0.1, -0.05) is 18.2 Å². The van der Waals surface area contributed by atoms with Crippen LogP contribution in [0, 0.1) is 10.1 Å². The summed E-state index contributed by atoms with van der Waals surface area (Å²) in [4.78, 5) is 50.2. The molecular weight excluding hydrogens is 366 g/mol. The molecule has 10 heteroatoms. The molecule has 2 aromatic heterocycles. The average Bonchev–Trinajstić information content (AvgIpc) is 3.03. The van der Waals surface area contributed by atoms with Crippen molar-refractivity contribution in [2.24, 2.45) is 0 Å². The van der Waals surface area contributed by atoms with Crippen LogP contribution in [0.5, 0.6) is 0 Å². The lowest BCUT2D eigenvalue weighted by molar-refractivity contribution is -0.384. The maximum atomic E-state index is 12.0. The number of benzene rings is 1. The molecule has 0 unspecified atom stereocenters. The maximum absolute atomic E-state index is 12.0. The van der Waals surface area contributed by atoms with Gasteiger partial charge in [-0.25, -0.2) is 9.78 Å². The largest absolute Gasteiger partial charge is 0.328 e. The number of nitrogens with one attached hydrogen (secondary N) is 2. The number of amides is 4. The van der Waals surface area contributed by atoms with Gasteiger partial charge in [0, 0.05) is 23.9 Å². The third kappa shape index (κ3) is 2.88. The zero-order valence-corrected chi connectivity index (χ0v) is 14.1. The molecule has 3 aromatic rings. The minimum absolute atomic E-state index is 0.0883. The molecule has 138 valence electrons. The Morgan fingerprint density at radius 3 is 2.50 bits per heavy atom. The van der Waals surface area contributed by atoms with Crippen molar-refractivity contribution >= 4 is 35.1 Å². The number of carbonyl (C=O) groups excluding carboxylic acids is 3. The molecule has 1 aromatic carbocycles. The maximum Gasteiger partial charge on any atom is 0.328 e. The van der Waals surface area contributed by atoms with Crippen LogP contribution in [0.2, 0.25) is 0 Å². The fraction of sp³-hybridized carbons (Fsp3) is 0. The molecule has 1 saturated heterocycles. The van der Waals surface area contributed by atoms with Crippen LogP contribution in [0.4, 0.5) is 10.5 Å². The van der Waals surface area contributed by atoms with Crippen LogP contribution < -0.4 is 10.6 Å². The second-order valence-electron chi connectivity index (χ2n) is 5.88. The summed E-state index contributed by atoms with van der Waals surface area (Å²) >= 11 is 0. The molecule has 1 aliphatic rings. The minimum Gasteiger partial charge on any atom is -0.299 e. The summed E-state index contributed by atoms with van der Waals surface area (Å²) < 4.78 is 1.69. The van der Waals surface area contributed by atoms with Crippen LogP contribution in [0.3, 0.4) is 0 Å². The topological polar surface area (TPSA) is 136 Å². The van der Waals surface area contributed by atoms with Gasteiger partial charge in [-0.15, -0.1) is 0 Å². The number of barbiturate groups is 1. The summed E-state index contributed by atoms with van der Waals surface area (Å²) in [6, 6.07) is 10.3. The molecule has 0 atom stereocenters. The van der Waals surface area contributed by atoms with E-state index in [0.717, 1.165) is 0 Å². The van der Waals surface area contributed by atoms with Crippen LogP contribution in [-0.2, 0) is 9.59 Å². The molecule has 4 rings (SSSR count). The fourth-order valence-electron chi connectivity index (χ4n) is 2.87. The first-order valence-electron chi connectivity index (χ1n) is 8.04. The molecule has 28 heavy (non-hydrogen) atoms. The highest BCUT2D eigenvalue weighted by Gasteiger charge is 2.28. The Kier molecular flexibility index (Phi) is 3.93. The number of carbonyl (C=O) groups is 3. The lowest BCUT2D eigenvalue weighted by Gasteiger charge is -2.13. The highest BCUT2D eigenvalue weighted by atomic mass is 16.6. The van der Waals surface area contributed by atoms with Crippen molar-refractivity contribution in [1.29, 1.82) is 0 Å².